The van der Waals surface area contributed by atoms with Crippen LogP contribution in [0.1, 0.15) is 11.1 Å². The van der Waals surface area contributed by atoms with E-state index in [0.717, 1.165) is 16.8 Å². The van der Waals surface area contributed by atoms with Crippen molar-refractivity contribution in [2.24, 2.45) is 7.05 Å². The van der Waals surface area contributed by atoms with E-state index in [0.29, 0.717) is 36.5 Å². The van der Waals surface area contributed by atoms with Crippen LogP contribution in [-0.2, 0) is 20.0 Å². The van der Waals surface area contributed by atoms with Crippen LogP contribution in [0.25, 0.3) is 5.69 Å². The van der Waals surface area contributed by atoms with Gasteiger partial charge in [0, 0.05) is 37.5 Å². The Balaban J connectivity index is 1.80. The third-order valence-electron chi connectivity index (χ3n) is 5.16. The number of likely N-dealkylation sites (N-methyl/N-ethyl adjacent to an activating group) is 1. The summed E-state index contributed by atoms with van der Waals surface area (Å²) in [5, 5.41) is 7.45. The van der Waals surface area contributed by atoms with Gasteiger partial charge in [-0.25, -0.2) is 0 Å². The van der Waals surface area contributed by atoms with Crippen LogP contribution in [0.4, 0.5) is 24.7 Å². The summed E-state index contributed by atoms with van der Waals surface area (Å²) in [6.07, 6.45) is -2.72. The molecular formula is C21H20F3N5O3. The SMILES string of the molecule is CN1CCc2c(c(Nc3cccn(C)c3=O)nn(-c3ccc(OC(F)(F)F)cc3)c2=O)C1. The summed E-state index contributed by atoms with van der Waals surface area (Å²) >= 11 is 0. The lowest BCUT2D eigenvalue weighted by Crippen LogP contribution is -2.36. The van der Waals surface area contributed by atoms with Gasteiger partial charge in [-0.15, -0.1) is 18.3 Å². The second-order valence-electron chi connectivity index (χ2n) is 7.52. The summed E-state index contributed by atoms with van der Waals surface area (Å²) in [6, 6.07) is 8.19. The Bertz CT molecular complexity index is 1270. The van der Waals surface area contributed by atoms with Gasteiger partial charge in [-0.05, 0) is 49.9 Å². The van der Waals surface area contributed by atoms with Crippen molar-refractivity contribution < 1.29 is 17.9 Å². The van der Waals surface area contributed by atoms with Gasteiger partial charge in [-0.3, -0.25) is 9.59 Å². The molecule has 1 aliphatic rings. The molecule has 2 aromatic heterocycles. The number of nitrogens with zero attached hydrogens (tertiary/aromatic N) is 4. The quantitative estimate of drug-likeness (QED) is 0.662. The number of aromatic nitrogens is 3. The minimum absolute atomic E-state index is 0.265. The van der Waals surface area contributed by atoms with Gasteiger partial charge in [0.15, 0.2) is 5.82 Å². The molecule has 0 spiro atoms. The van der Waals surface area contributed by atoms with Crippen molar-refractivity contribution in [2.75, 3.05) is 18.9 Å². The smallest absolute Gasteiger partial charge is 0.406 e. The van der Waals surface area contributed by atoms with E-state index < -0.39 is 12.1 Å². The highest BCUT2D eigenvalue weighted by Crippen LogP contribution is 2.26. The van der Waals surface area contributed by atoms with Crippen LogP contribution >= 0.6 is 0 Å². The van der Waals surface area contributed by atoms with E-state index in [9.17, 15) is 22.8 Å². The molecule has 11 heteroatoms. The van der Waals surface area contributed by atoms with Crippen LogP contribution in [-0.4, -0.2) is 39.2 Å². The third-order valence-corrected chi connectivity index (χ3v) is 5.16. The Morgan fingerprint density at radius 2 is 1.75 bits per heavy atom. The second kappa shape index (κ2) is 8.15. The maximum atomic E-state index is 13.1. The molecule has 0 aliphatic carbocycles. The number of fused-ring (bicyclic) bond motifs is 1. The number of hydrogen-bond donors (Lipinski definition) is 1. The number of halogens is 3. The number of anilines is 2. The van der Waals surface area contributed by atoms with Crippen LogP contribution < -0.4 is 21.2 Å². The zero-order valence-corrected chi connectivity index (χ0v) is 17.3. The van der Waals surface area contributed by atoms with Gasteiger partial charge in [0.25, 0.3) is 11.1 Å². The van der Waals surface area contributed by atoms with Gasteiger partial charge in [0.1, 0.15) is 11.4 Å². The fourth-order valence-electron chi connectivity index (χ4n) is 3.57. The highest BCUT2D eigenvalue weighted by Gasteiger charge is 2.31. The Morgan fingerprint density at radius 3 is 2.44 bits per heavy atom. The molecule has 1 aromatic carbocycles. The highest BCUT2D eigenvalue weighted by molar-refractivity contribution is 5.60. The molecular weight excluding hydrogens is 427 g/mol. The average Bonchev–Trinajstić information content (AvgIpc) is 2.73. The minimum Gasteiger partial charge on any atom is -0.406 e. The molecule has 32 heavy (non-hydrogen) atoms. The summed E-state index contributed by atoms with van der Waals surface area (Å²) in [4.78, 5) is 27.6. The molecule has 4 rings (SSSR count). The Kier molecular flexibility index (Phi) is 5.51. The maximum absolute atomic E-state index is 13.1. The predicted octanol–water partition coefficient (Wildman–Crippen LogP) is 2.56. The average molecular weight is 447 g/mol. The number of benzene rings is 1. The Labute approximate surface area is 180 Å². The molecule has 0 saturated carbocycles. The molecule has 8 nitrogen and oxygen atoms in total. The van der Waals surface area contributed by atoms with E-state index in [4.69, 9.17) is 0 Å². The number of ether oxygens (including phenoxy) is 1. The van der Waals surface area contributed by atoms with Crippen LogP contribution in [0, 0.1) is 0 Å². The maximum Gasteiger partial charge on any atom is 0.573 e. The van der Waals surface area contributed by atoms with Gasteiger partial charge in [-0.2, -0.15) is 4.68 Å². The normalized spacial score (nSPS) is 14.2. The van der Waals surface area contributed by atoms with E-state index >= 15 is 0 Å². The number of pyridine rings is 1. The lowest BCUT2D eigenvalue weighted by Gasteiger charge is -2.27. The molecule has 3 heterocycles. The second-order valence-corrected chi connectivity index (χ2v) is 7.52. The zero-order valence-electron chi connectivity index (χ0n) is 17.3. The van der Waals surface area contributed by atoms with E-state index in [1.165, 1.54) is 16.7 Å². The first kappa shape index (κ1) is 21.6. The molecule has 0 atom stereocenters. The summed E-state index contributed by atoms with van der Waals surface area (Å²) < 4.78 is 43.7. The van der Waals surface area contributed by atoms with Crippen molar-refractivity contribution in [1.82, 2.24) is 19.2 Å². The van der Waals surface area contributed by atoms with Crippen molar-refractivity contribution in [3.63, 3.8) is 0 Å². The monoisotopic (exact) mass is 447 g/mol. The zero-order chi connectivity index (χ0) is 23.0. The standard InChI is InChI=1S/C21H20F3N5O3/c1-27-11-9-15-16(12-27)18(25-17-4-3-10-28(2)20(17)31)26-29(19(15)30)13-5-7-14(8-6-13)32-21(22,23)24/h3-8,10H,9,11-12H2,1-2H3,(H,25,26). The van der Waals surface area contributed by atoms with Crippen molar-refractivity contribution >= 4 is 11.5 Å². The lowest BCUT2D eigenvalue weighted by atomic mass is 10.0. The summed E-state index contributed by atoms with van der Waals surface area (Å²) in [6.45, 7) is 1.13. The van der Waals surface area contributed by atoms with Crippen molar-refractivity contribution in [3.8, 4) is 11.4 Å². The number of aryl methyl sites for hydroxylation is 1. The fourth-order valence-corrected chi connectivity index (χ4v) is 3.57. The number of hydrogen-bond acceptors (Lipinski definition) is 6. The fraction of sp³-hybridized carbons (Fsp3) is 0.286. The first-order valence-electron chi connectivity index (χ1n) is 9.75. The molecule has 0 saturated heterocycles. The van der Waals surface area contributed by atoms with Gasteiger partial charge < -0.3 is 19.5 Å². The molecule has 0 amide bonds. The van der Waals surface area contributed by atoms with Crippen LogP contribution in [0.5, 0.6) is 5.75 Å². The summed E-state index contributed by atoms with van der Waals surface area (Å²) in [5.74, 6) is -0.0647. The Morgan fingerprint density at radius 1 is 1.03 bits per heavy atom. The van der Waals surface area contributed by atoms with E-state index in [1.807, 2.05) is 11.9 Å². The van der Waals surface area contributed by atoms with E-state index in [2.05, 4.69) is 15.2 Å². The first-order chi connectivity index (χ1) is 15.1. The van der Waals surface area contributed by atoms with Crippen molar-refractivity contribution in [1.29, 1.82) is 0 Å². The molecule has 1 aliphatic heterocycles. The predicted molar refractivity (Wildman–Crippen MR) is 112 cm³/mol. The van der Waals surface area contributed by atoms with Crippen LogP contribution in [0.15, 0.2) is 52.2 Å². The van der Waals surface area contributed by atoms with E-state index in [1.54, 1.807) is 25.4 Å². The molecule has 3 aromatic rings. The van der Waals surface area contributed by atoms with Gasteiger partial charge >= 0.3 is 6.36 Å². The first-order valence-corrected chi connectivity index (χ1v) is 9.75. The number of nitrogens with one attached hydrogen (secondary N) is 1. The largest absolute Gasteiger partial charge is 0.573 e. The molecule has 0 unspecified atom stereocenters. The van der Waals surface area contributed by atoms with Gasteiger partial charge in [0.2, 0.25) is 0 Å². The number of alkyl halides is 3. The number of rotatable bonds is 4. The van der Waals surface area contributed by atoms with Gasteiger partial charge in [0.05, 0.1) is 5.69 Å². The molecule has 1 N–H and O–H groups in total. The minimum atomic E-state index is -4.81. The summed E-state index contributed by atoms with van der Waals surface area (Å²) in [5.41, 5.74) is 1.17. The highest BCUT2D eigenvalue weighted by atomic mass is 19.4. The summed E-state index contributed by atoms with van der Waals surface area (Å²) in [7, 11) is 3.54. The molecule has 168 valence electrons. The van der Waals surface area contributed by atoms with Crippen molar-refractivity contribution in [2.45, 2.75) is 19.3 Å². The van der Waals surface area contributed by atoms with E-state index in [-0.39, 0.29) is 22.5 Å². The van der Waals surface area contributed by atoms with Crippen LogP contribution in [0.2, 0.25) is 0 Å². The molecule has 0 bridgehead atoms. The molecule has 0 radical (unpaired) electrons. The van der Waals surface area contributed by atoms with Crippen molar-refractivity contribution in [3.05, 3.63) is 74.4 Å². The lowest BCUT2D eigenvalue weighted by molar-refractivity contribution is -0.274. The third kappa shape index (κ3) is 4.37. The Hall–Kier alpha value is -3.60. The van der Waals surface area contributed by atoms with Crippen LogP contribution in [0.3, 0.4) is 0 Å². The molecule has 0 fully saturated rings. The topological polar surface area (TPSA) is 81.4 Å². The van der Waals surface area contributed by atoms with Gasteiger partial charge in [-0.1, -0.05) is 0 Å².